The summed E-state index contributed by atoms with van der Waals surface area (Å²) in [5.74, 6) is 1.53. The summed E-state index contributed by atoms with van der Waals surface area (Å²) in [4.78, 5) is 11.3. The van der Waals surface area contributed by atoms with Crippen LogP contribution in [-0.2, 0) is 13.8 Å². The lowest BCUT2D eigenvalue weighted by Gasteiger charge is -2.17. The van der Waals surface area contributed by atoms with Gasteiger partial charge >= 0.3 is 0 Å². The van der Waals surface area contributed by atoms with Gasteiger partial charge in [-0.05, 0) is 19.1 Å². The molecule has 1 rings (SSSR count). The van der Waals surface area contributed by atoms with E-state index in [2.05, 4.69) is 27.2 Å². The summed E-state index contributed by atoms with van der Waals surface area (Å²) in [5.41, 5.74) is 0. The van der Waals surface area contributed by atoms with Crippen LogP contribution in [0.2, 0.25) is 5.02 Å². The van der Waals surface area contributed by atoms with E-state index in [9.17, 15) is 13.2 Å². The van der Waals surface area contributed by atoms with Crippen molar-refractivity contribution in [1.82, 2.24) is 5.32 Å². The average Bonchev–Trinajstić information content (AvgIpc) is 2.37. The summed E-state index contributed by atoms with van der Waals surface area (Å²) >= 11 is 9.06. The van der Waals surface area contributed by atoms with Gasteiger partial charge in [0.15, 0.2) is 11.9 Å². The van der Waals surface area contributed by atoms with Crippen molar-refractivity contribution >= 4 is 53.2 Å². The minimum atomic E-state index is -4.10. The van der Waals surface area contributed by atoms with Crippen molar-refractivity contribution in [1.29, 1.82) is 0 Å². The van der Waals surface area contributed by atoms with Crippen molar-refractivity contribution in [3.63, 3.8) is 0 Å². The molecule has 0 aromatic heterocycles. The fourth-order valence-electron chi connectivity index (χ4n) is 1.34. The summed E-state index contributed by atoms with van der Waals surface area (Å²) < 4.78 is 28.8. The molecule has 1 aromatic rings. The van der Waals surface area contributed by atoms with Gasteiger partial charge in [0.2, 0.25) is 0 Å². The second kappa shape index (κ2) is 7.36. The molecule has 0 radical (unpaired) electrons. The number of amides is 1. The third kappa shape index (κ3) is 5.08. The molecule has 0 saturated heterocycles. The molecule has 0 aliphatic rings. The van der Waals surface area contributed by atoms with E-state index in [0.717, 1.165) is 0 Å². The monoisotopic (exact) mass is 413 g/mol. The number of hydrogen-bond donors (Lipinski definition) is 1. The molecule has 0 aliphatic carbocycles. The van der Waals surface area contributed by atoms with E-state index in [0.29, 0.717) is 4.47 Å². The van der Waals surface area contributed by atoms with Gasteiger partial charge < -0.3 is 10.1 Å². The summed E-state index contributed by atoms with van der Waals surface area (Å²) in [6, 6.07) is 2.66. The molecule has 0 fully saturated rings. The Labute approximate surface area is 140 Å². The van der Waals surface area contributed by atoms with Crippen molar-refractivity contribution in [2.45, 2.75) is 17.9 Å². The van der Waals surface area contributed by atoms with Crippen molar-refractivity contribution < 1.29 is 17.9 Å². The molecular formula is C12H10BrCl2NO4S. The van der Waals surface area contributed by atoms with Crippen molar-refractivity contribution in [3.8, 4) is 18.1 Å². The molecule has 1 atom stereocenters. The highest BCUT2D eigenvalue weighted by molar-refractivity contribution is 9.10. The van der Waals surface area contributed by atoms with Crippen molar-refractivity contribution in [3.05, 3.63) is 21.6 Å². The minimum absolute atomic E-state index is 0.000185. The topological polar surface area (TPSA) is 72.5 Å². The predicted molar refractivity (Wildman–Crippen MR) is 84.1 cm³/mol. The van der Waals surface area contributed by atoms with E-state index in [1.54, 1.807) is 0 Å². The molecule has 9 heteroatoms. The molecule has 21 heavy (non-hydrogen) atoms. The van der Waals surface area contributed by atoms with Gasteiger partial charge in [0, 0.05) is 15.2 Å². The van der Waals surface area contributed by atoms with Crippen LogP contribution in [0.25, 0.3) is 0 Å². The number of nitrogens with one attached hydrogen (secondary N) is 1. The Morgan fingerprint density at radius 3 is 2.71 bits per heavy atom. The lowest BCUT2D eigenvalue weighted by molar-refractivity contribution is -0.127. The highest BCUT2D eigenvalue weighted by Crippen LogP contribution is 2.37. The zero-order valence-corrected chi connectivity index (χ0v) is 14.6. The number of terminal acetylenes is 1. The largest absolute Gasteiger partial charge is 0.478 e. The van der Waals surface area contributed by atoms with E-state index >= 15 is 0 Å². The summed E-state index contributed by atoms with van der Waals surface area (Å²) in [5, 5.41) is 2.41. The van der Waals surface area contributed by atoms with Gasteiger partial charge in [-0.2, -0.15) is 0 Å². The van der Waals surface area contributed by atoms with Crippen LogP contribution in [0.3, 0.4) is 0 Å². The van der Waals surface area contributed by atoms with Gasteiger partial charge in [-0.25, -0.2) is 8.42 Å². The van der Waals surface area contributed by atoms with E-state index in [-0.39, 0.29) is 22.2 Å². The van der Waals surface area contributed by atoms with Crippen LogP contribution in [0.5, 0.6) is 5.75 Å². The van der Waals surface area contributed by atoms with Crippen LogP contribution in [0.15, 0.2) is 21.5 Å². The molecule has 0 spiro atoms. The van der Waals surface area contributed by atoms with E-state index in [1.165, 1.54) is 19.1 Å². The smallest absolute Gasteiger partial charge is 0.265 e. The molecule has 0 bridgehead atoms. The standard InChI is InChI=1S/C12H10BrCl2NO4S/c1-3-4-16-12(17)7(2)20-11-9(14)5-8(13)6-10(11)21(15,18)19/h1,5-7H,4H2,2H3,(H,16,17). The van der Waals surface area contributed by atoms with Gasteiger partial charge in [0.25, 0.3) is 15.0 Å². The summed E-state index contributed by atoms with van der Waals surface area (Å²) in [7, 11) is 1.24. The Bertz CT molecular complexity index is 700. The predicted octanol–water partition coefficient (Wildman–Crippen LogP) is 2.55. The van der Waals surface area contributed by atoms with Crippen LogP contribution >= 0.6 is 38.2 Å². The first kappa shape index (κ1) is 18.1. The zero-order valence-electron chi connectivity index (χ0n) is 10.7. The van der Waals surface area contributed by atoms with Crippen molar-refractivity contribution in [2.24, 2.45) is 0 Å². The fourth-order valence-corrected chi connectivity index (χ4v) is 3.40. The first-order valence-corrected chi connectivity index (χ1v) is 8.96. The zero-order chi connectivity index (χ0) is 16.2. The van der Waals surface area contributed by atoms with Gasteiger partial charge in [-0.1, -0.05) is 33.5 Å². The van der Waals surface area contributed by atoms with Crippen LogP contribution in [-0.4, -0.2) is 27.0 Å². The number of carbonyl (C=O) groups excluding carboxylic acids is 1. The van der Waals surface area contributed by atoms with E-state index < -0.39 is 21.1 Å². The van der Waals surface area contributed by atoms with E-state index in [4.69, 9.17) is 33.4 Å². The third-order valence-corrected chi connectivity index (χ3v) is 4.33. The van der Waals surface area contributed by atoms with Crippen LogP contribution < -0.4 is 10.1 Å². The average molecular weight is 415 g/mol. The molecule has 1 N–H and O–H groups in total. The Balaban J connectivity index is 3.14. The maximum Gasteiger partial charge on any atom is 0.265 e. The van der Waals surface area contributed by atoms with Gasteiger partial charge in [-0.15, -0.1) is 6.42 Å². The molecule has 1 amide bonds. The number of rotatable bonds is 5. The number of ether oxygens (including phenoxy) is 1. The first-order chi connectivity index (χ1) is 9.66. The maximum absolute atomic E-state index is 11.7. The number of hydrogen-bond acceptors (Lipinski definition) is 4. The number of carbonyl (C=O) groups is 1. The van der Waals surface area contributed by atoms with E-state index in [1.807, 2.05) is 0 Å². The third-order valence-electron chi connectivity index (χ3n) is 2.27. The lowest BCUT2D eigenvalue weighted by Crippen LogP contribution is -2.36. The first-order valence-electron chi connectivity index (χ1n) is 5.48. The molecular weight excluding hydrogens is 405 g/mol. The minimum Gasteiger partial charge on any atom is -0.478 e. The molecule has 0 aliphatic heterocycles. The lowest BCUT2D eigenvalue weighted by atomic mass is 10.3. The Kier molecular flexibility index (Phi) is 6.35. The molecule has 0 heterocycles. The number of halogens is 3. The van der Waals surface area contributed by atoms with Crippen LogP contribution in [0.4, 0.5) is 0 Å². The quantitative estimate of drug-likeness (QED) is 0.593. The second-order valence-corrected chi connectivity index (χ2v) is 7.69. The molecule has 1 aromatic carbocycles. The van der Waals surface area contributed by atoms with Gasteiger partial charge in [-0.3, -0.25) is 4.79 Å². The van der Waals surface area contributed by atoms with Crippen LogP contribution in [0.1, 0.15) is 6.92 Å². The molecule has 1 unspecified atom stereocenters. The Morgan fingerprint density at radius 2 is 2.19 bits per heavy atom. The number of benzene rings is 1. The molecule has 5 nitrogen and oxygen atoms in total. The van der Waals surface area contributed by atoms with Crippen molar-refractivity contribution in [2.75, 3.05) is 6.54 Å². The summed E-state index contributed by atoms with van der Waals surface area (Å²) in [6.45, 7) is 1.45. The SMILES string of the molecule is C#CCNC(=O)C(C)Oc1c(Cl)cc(Br)cc1S(=O)(=O)Cl. The molecule has 0 saturated carbocycles. The second-order valence-electron chi connectivity index (χ2n) is 3.83. The normalized spacial score (nSPS) is 12.3. The fraction of sp³-hybridized carbons (Fsp3) is 0.250. The Hall–Kier alpha value is -0.940. The Morgan fingerprint density at radius 1 is 1.57 bits per heavy atom. The van der Waals surface area contributed by atoms with Crippen LogP contribution in [0, 0.1) is 12.3 Å². The summed E-state index contributed by atoms with van der Waals surface area (Å²) in [6.07, 6.45) is 4.02. The highest BCUT2D eigenvalue weighted by atomic mass is 79.9. The molecule has 114 valence electrons. The maximum atomic E-state index is 11.7. The van der Waals surface area contributed by atoms with Gasteiger partial charge in [0.1, 0.15) is 4.90 Å². The highest BCUT2D eigenvalue weighted by Gasteiger charge is 2.24. The van der Waals surface area contributed by atoms with Gasteiger partial charge in [0.05, 0.1) is 11.6 Å².